The van der Waals surface area contributed by atoms with E-state index in [2.05, 4.69) is 32.1 Å². The highest BCUT2D eigenvalue weighted by atomic mass is 16.1. The summed E-state index contributed by atoms with van der Waals surface area (Å²) >= 11 is 0. The zero-order valence-electron chi connectivity index (χ0n) is 16.0. The van der Waals surface area contributed by atoms with E-state index in [1.54, 1.807) is 6.20 Å². The van der Waals surface area contributed by atoms with Gasteiger partial charge in [-0.05, 0) is 50.7 Å². The van der Waals surface area contributed by atoms with Crippen molar-refractivity contribution in [2.24, 2.45) is 0 Å². The molecule has 0 atom stereocenters. The van der Waals surface area contributed by atoms with Crippen molar-refractivity contribution >= 4 is 5.91 Å². The van der Waals surface area contributed by atoms with Crippen molar-refractivity contribution in [3.8, 4) is 0 Å². The predicted molar refractivity (Wildman–Crippen MR) is 103 cm³/mol. The van der Waals surface area contributed by atoms with Crippen LogP contribution in [-0.2, 0) is 19.6 Å². The molecule has 7 heteroatoms. The van der Waals surface area contributed by atoms with E-state index < -0.39 is 0 Å². The Morgan fingerprint density at radius 1 is 1.22 bits per heavy atom. The molecule has 0 aromatic carbocycles. The number of pyridine rings is 1. The van der Waals surface area contributed by atoms with E-state index in [-0.39, 0.29) is 5.91 Å². The lowest BCUT2D eigenvalue weighted by atomic mass is 10.0. The van der Waals surface area contributed by atoms with Crippen LogP contribution in [0.2, 0.25) is 0 Å². The summed E-state index contributed by atoms with van der Waals surface area (Å²) < 4.78 is 1.99. The van der Waals surface area contributed by atoms with Crippen LogP contribution >= 0.6 is 0 Å². The number of nitrogens with one attached hydrogen (secondary N) is 1. The van der Waals surface area contributed by atoms with E-state index in [0.29, 0.717) is 18.3 Å². The Morgan fingerprint density at radius 2 is 2.07 bits per heavy atom. The number of hydrogen-bond donors (Lipinski definition) is 1. The molecule has 2 aromatic heterocycles. The van der Waals surface area contributed by atoms with Crippen molar-refractivity contribution in [1.29, 1.82) is 0 Å². The fraction of sp³-hybridized carbons (Fsp3) is 0.550. The van der Waals surface area contributed by atoms with Crippen LogP contribution in [0.25, 0.3) is 0 Å². The highest BCUT2D eigenvalue weighted by molar-refractivity contribution is 5.92. The van der Waals surface area contributed by atoms with Crippen LogP contribution in [0.1, 0.15) is 41.6 Å². The van der Waals surface area contributed by atoms with E-state index in [4.69, 9.17) is 0 Å². The Bertz CT molecular complexity index is 766. The van der Waals surface area contributed by atoms with E-state index >= 15 is 0 Å². The van der Waals surface area contributed by atoms with E-state index in [1.165, 1.54) is 25.9 Å². The maximum atomic E-state index is 12.5. The largest absolute Gasteiger partial charge is 0.345 e. The second-order valence-electron chi connectivity index (χ2n) is 7.38. The Hall–Kier alpha value is -2.25. The Kier molecular flexibility index (Phi) is 5.50. The van der Waals surface area contributed by atoms with Gasteiger partial charge in [0.15, 0.2) is 5.69 Å². The monoisotopic (exact) mass is 368 g/mol. The average Bonchev–Trinajstić information content (AvgIpc) is 3.16. The first-order chi connectivity index (χ1) is 13.2. The number of likely N-dealkylation sites (tertiary alicyclic amines) is 1. The summed E-state index contributed by atoms with van der Waals surface area (Å²) in [6.07, 6.45) is 4.20. The molecule has 0 spiro atoms. The van der Waals surface area contributed by atoms with E-state index in [0.717, 1.165) is 37.6 Å². The van der Waals surface area contributed by atoms with Crippen molar-refractivity contribution in [3.05, 3.63) is 47.5 Å². The quantitative estimate of drug-likeness (QED) is 0.867. The summed E-state index contributed by atoms with van der Waals surface area (Å²) in [5.41, 5.74) is 2.49. The van der Waals surface area contributed by atoms with Gasteiger partial charge in [0.05, 0.1) is 24.5 Å². The highest BCUT2D eigenvalue weighted by Crippen LogP contribution is 2.22. The van der Waals surface area contributed by atoms with Gasteiger partial charge < -0.3 is 10.2 Å². The SMILES string of the molecule is CCN1CCC(N2CCn3nc(C(=O)NCc4ccccn4)cc3C2)CC1. The molecule has 0 aliphatic carbocycles. The third-order valence-corrected chi connectivity index (χ3v) is 5.74. The van der Waals surface area contributed by atoms with Gasteiger partial charge in [0, 0.05) is 25.3 Å². The average molecular weight is 368 g/mol. The molecule has 27 heavy (non-hydrogen) atoms. The van der Waals surface area contributed by atoms with Gasteiger partial charge in [-0.15, -0.1) is 0 Å². The van der Waals surface area contributed by atoms with Gasteiger partial charge >= 0.3 is 0 Å². The van der Waals surface area contributed by atoms with Crippen LogP contribution in [0.15, 0.2) is 30.5 Å². The Morgan fingerprint density at radius 3 is 2.81 bits per heavy atom. The zero-order chi connectivity index (χ0) is 18.6. The predicted octanol–water partition coefficient (Wildman–Crippen LogP) is 1.51. The van der Waals surface area contributed by atoms with Gasteiger partial charge in [-0.1, -0.05) is 13.0 Å². The molecule has 2 aliphatic rings. The van der Waals surface area contributed by atoms with Gasteiger partial charge in [-0.3, -0.25) is 19.4 Å². The molecule has 0 bridgehead atoms. The van der Waals surface area contributed by atoms with Crippen LogP contribution in [0.4, 0.5) is 0 Å². The van der Waals surface area contributed by atoms with Crippen molar-refractivity contribution in [1.82, 2.24) is 29.9 Å². The van der Waals surface area contributed by atoms with Crippen LogP contribution in [0, 0.1) is 0 Å². The number of aromatic nitrogens is 3. The number of amides is 1. The lowest BCUT2D eigenvalue weighted by Gasteiger charge is -2.40. The van der Waals surface area contributed by atoms with Crippen LogP contribution in [-0.4, -0.2) is 62.7 Å². The number of piperidine rings is 1. The van der Waals surface area contributed by atoms with Crippen molar-refractivity contribution in [2.75, 3.05) is 26.2 Å². The van der Waals surface area contributed by atoms with E-state index in [1.807, 2.05) is 28.9 Å². The summed E-state index contributed by atoms with van der Waals surface area (Å²) in [7, 11) is 0. The number of rotatable bonds is 5. The summed E-state index contributed by atoms with van der Waals surface area (Å²) in [6, 6.07) is 8.29. The van der Waals surface area contributed by atoms with Gasteiger partial charge in [0.25, 0.3) is 5.91 Å². The Balaban J connectivity index is 1.35. The molecule has 1 amide bonds. The normalized spacial score (nSPS) is 19.0. The second-order valence-corrected chi connectivity index (χ2v) is 7.38. The second kappa shape index (κ2) is 8.19. The fourth-order valence-electron chi connectivity index (χ4n) is 4.07. The summed E-state index contributed by atoms with van der Waals surface area (Å²) in [5, 5.41) is 7.43. The molecule has 0 unspecified atom stereocenters. The first kappa shape index (κ1) is 18.1. The molecule has 2 aliphatic heterocycles. The third-order valence-electron chi connectivity index (χ3n) is 5.74. The molecular weight excluding hydrogens is 340 g/mol. The molecule has 4 heterocycles. The molecule has 0 radical (unpaired) electrons. The molecule has 1 fully saturated rings. The lowest BCUT2D eigenvalue weighted by molar-refractivity contribution is 0.0867. The van der Waals surface area contributed by atoms with Gasteiger partial charge in [0.1, 0.15) is 0 Å². The lowest BCUT2D eigenvalue weighted by Crippen LogP contribution is -2.47. The smallest absolute Gasteiger partial charge is 0.272 e. The molecule has 4 rings (SSSR count). The van der Waals surface area contributed by atoms with Crippen LogP contribution in [0.3, 0.4) is 0 Å². The topological polar surface area (TPSA) is 66.3 Å². The van der Waals surface area contributed by atoms with Crippen molar-refractivity contribution < 1.29 is 4.79 Å². The van der Waals surface area contributed by atoms with Gasteiger partial charge in [0.2, 0.25) is 0 Å². The van der Waals surface area contributed by atoms with Crippen molar-refractivity contribution in [2.45, 2.75) is 45.4 Å². The minimum Gasteiger partial charge on any atom is -0.345 e. The van der Waals surface area contributed by atoms with Crippen molar-refractivity contribution in [3.63, 3.8) is 0 Å². The highest BCUT2D eigenvalue weighted by Gasteiger charge is 2.28. The number of carbonyl (C=O) groups is 1. The number of nitrogens with zero attached hydrogens (tertiary/aromatic N) is 5. The number of hydrogen-bond acceptors (Lipinski definition) is 5. The molecule has 7 nitrogen and oxygen atoms in total. The minimum atomic E-state index is -0.134. The number of fused-ring (bicyclic) bond motifs is 1. The summed E-state index contributed by atoms with van der Waals surface area (Å²) in [5.74, 6) is -0.134. The molecule has 2 aromatic rings. The maximum Gasteiger partial charge on any atom is 0.272 e. The van der Waals surface area contributed by atoms with Gasteiger partial charge in [-0.2, -0.15) is 5.10 Å². The fourth-order valence-corrected chi connectivity index (χ4v) is 4.07. The molecule has 1 saturated heterocycles. The maximum absolute atomic E-state index is 12.5. The van der Waals surface area contributed by atoms with Crippen LogP contribution < -0.4 is 5.32 Å². The first-order valence-electron chi connectivity index (χ1n) is 9.94. The van der Waals surface area contributed by atoms with E-state index in [9.17, 15) is 4.79 Å². The minimum absolute atomic E-state index is 0.134. The summed E-state index contributed by atoms with van der Waals surface area (Å²) in [6.45, 7) is 8.95. The molecule has 1 N–H and O–H groups in total. The van der Waals surface area contributed by atoms with Gasteiger partial charge in [-0.25, -0.2) is 0 Å². The summed E-state index contributed by atoms with van der Waals surface area (Å²) in [4.78, 5) is 21.8. The number of carbonyl (C=O) groups excluding carboxylic acids is 1. The third kappa shape index (κ3) is 4.20. The van der Waals surface area contributed by atoms with Crippen LogP contribution in [0.5, 0.6) is 0 Å². The molecule has 0 saturated carbocycles. The zero-order valence-corrected chi connectivity index (χ0v) is 16.0. The first-order valence-corrected chi connectivity index (χ1v) is 9.94. The standard InChI is InChI=1S/C20H28N6O/c1-2-24-9-6-17(7-10-24)25-11-12-26-18(15-25)13-19(23-26)20(27)22-14-16-5-3-4-8-21-16/h3-5,8,13,17H,2,6-7,9-12,14-15H2,1H3,(H,22,27). The molecule has 144 valence electrons. The Labute approximate surface area is 160 Å². The molecular formula is C20H28N6O.